The molecule has 26 heavy (non-hydrogen) atoms. The number of benzene rings is 1. The number of aromatic hydroxyl groups is 1. The number of thioether (sulfide) groups is 1. The minimum Gasteiger partial charge on any atom is -0.508 e. The van der Waals surface area contributed by atoms with E-state index >= 15 is 0 Å². The molecule has 1 fully saturated rings. The van der Waals surface area contributed by atoms with Crippen molar-refractivity contribution in [2.75, 3.05) is 4.90 Å². The fourth-order valence-corrected chi connectivity index (χ4v) is 4.52. The summed E-state index contributed by atoms with van der Waals surface area (Å²) in [4.78, 5) is 25.7. The molecule has 1 aromatic carbocycles. The van der Waals surface area contributed by atoms with Gasteiger partial charge in [-0.05, 0) is 48.2 Å². The van der Waals surface area contributed by atoms with Gasteiger partial charge in [0.25, 0.3) is 0 Å². The number of hydrogen-bond donors (Lipinski definition) is 2. The number of anilines is 1. The van der Waals surface area contributed by atoms with Crippen molar-refractivity contribution in [2.24, 2.45) is 0 Å². The lowest BCUT2D eigenvalue weighted by Crippen LogP contribution is -2.32. The maximum absolute atomic E-state index is 13.0. The van der Waals surface area contributed by atoms with Crippen LogP contribution in [0, 0.1) is 6.92 Å². The first-order chi connectivity index (χ1) is 12.3. The first-order valence-electron chi connectivity index (χ1n) is 8.36. The van der Waals surface area contributed by atoms with Crippen molar-refractivity contribution in [1.82, 2.24) is 0 Å². The summed E-state index contributed by atoms with van der Waals surface area (Å²) in [7, 11) is 0. The summed E-state index contributed by atoms with van der Waals surface area (Å²) in [5, 5.41) is 18.2. The molecule has 0 bridgehead atoms. The topological polar surface area (TPSA) is 91.0 Å². The van der Waals surface area contributed by atoms with E-state index in [0.29, 0.717) is 11.4 Å². The molecule has 1 amide bonds. The smallest absolute Gasteiger partial charge is 0.305 e. The van der Waals surface area contributed by atoms with Crippen LogP contribution in [0.3, 0.4) is 0 Å². The van der Waals surface area contributed by atoms with E-state index in [-0.39, 0.29) is 24.0 Å². The third-order valence-corrected chi connectivity index (χ3v) is 5.81. The highest BCUT2D eigenvalue weighted by Gasteiger charge is 2.44. The van der Waals surface area contributed by atoms with Gasteiger partial charge < -0.3 is 14.6 Å². The summed E-state index contributed by atoms with van der Waals surface area (Å²) in [6.07, 6.45) is 1.29. The number of nitrogens with zero attached hydrogens (tertiary/aromatic N) is 1. The average Bonchev–Trinajstić information content (AvgIpc) is 3.16. The first-order valence-corrected chi connectivity index (χ1v) is 9.31. The molecule has 2 atom stereocenters. The molecule has 138 valence electrons. The summed E-state index contributed by atoms with van der Waals surface area (Å²) in [6, 6.07) is 6.98. The van der Waals surface area contributed by atoms with Gasteiger partial charge in [-0.2, -0.15) is 0 Å². The predicted octanol–water partition coefficient (Wildman–Crippen LogP) is 4.04. The molecular formula is C19H21NO5S. The highest BCUT2D eigenvalue weighted by Crippen LogP contribution is 2.48. The Balaban J connectivity index is 2.09. The zero-order valence-electron chi connectivity index (χ0n) is 14.8. The molecule has 3 rings (SSSR count). The van der Waals surface area contributed by atoms with Crippen LogP contribution in [0.4, 0.5) is 5.69 Å². The van der Waals surface area contributed by atoms with Gasteiger partial charge >= 0.3 is 5.97 Å². The van der Waals surface area contributed by atoms with E-state index in [0.717, 1.165) is 11.1 Å². The van der Waals surface area contributed by atoms with Crippen LogP contribution in [0.15, 0.2) is 34.9 Å². The third kappa shape index (κ3) is 3.31. The largest absolute Gasteiger partial charge is 0.508 e. The van der Waals surface area contributed by atoms with Crippen molar-refractivity contribution < 1.29 is 24.2 Å². The molecule has 0 saturated carbocycles. The van der Waals surface area contributed by atoms with E-state index in [1.54, 1.807) is 23.1 Å². The number of aryl methyl sites for hydroxylation is 1. The van der Waals surface area contributed by atoms with E-state index in [4.69, 9.17) is 9.52 Å². The Morgan fingerprint density at radius 3 is 2.69 bits per heavy atom. The van der Waals surface area contributed by atoms with Gasteiger partial charge in [-0.15, -0.1) is 11.8 Å². The number of phenolic OH excluding ortho intramolecular Hbond substituents is 1. The van der Waals surface area contributed by atoms with Crippen LogP contribution in [0.5, 0.6) is 5.75 Å². The molecule has 7 heteroatoms. The quantitative estimate of drug-likeness (QED) is 0.820. The van der Waals surface area contributed by atoms with Crippen LogP contribution >= 0.6 is 11.8 Å². The molecule has 6 nitrogen and oxygen atoms in total. The maximum atomic E-state index is 13.0. The number of hydrogen-bond acceptors (Lipinski definition) is 5. The molecule has 2 unspecified atom stereocenters. The Labute approximate surface area is 155 Å². The standard InChI is InChI=1S/C19H21NO5S/c1-10(2)12-8-13(11(3)7-14(12)21)20-18(24)16(9-17(22)23)26-19(20)15-5-4-6-25-15/h4-8,10,16,19,21H,9H2,1-3H3,(H,22,23). The number of carbonyl (C=O) groups excluding carboxylic acids is 1. The fraction of sp³-hybridized carbons (Fsp3) is 0.368. The number of rotatable bonds is 5. The highest BCUT2D eigenvalue weighted by molar-refractivity contribution is 8.01. The molecule has 1 aliphatic heterocycles. The molecule has 0 radical (unpaired) electrons. The zero-order valence-corrected chi connectivity index (χ0v) is 15.6. The number of amides is 1. The molecule has 1 saturated heterocycles. The molecule has 0 aliphatic carbocycles. The van der Waals surface area contributed by atoms with Crippen molar-refractivity contribution in [2.45, 2.75) is 43.7 Å². The van der Waals surface area contributed by atoms with Crippen LogP contribution in [0.2, 0.25) is 0 Å². The molecule has 2 heterocycles. The van der Waals surface area contributed by atoms with Gasteiger partial charge in [0.1, 0.15) is 16.9 Å². The van der Waals surface area contributed by atoms with E-state index in [2.05, 4.69) is 0 Å². The number of carboxylic acid groups (broad SMARTS) is 1. The Kier molecular flexibility index (Phi) is 5.00. The number of phenols is 1. The number of carboxylic acids is 1. The van der Waals surface area contributed by atoms with Crippen molar-refractivity contribution >= 4 is 29.3 Å². The van der Waals surface area contributed by atoms with Crippen LogP contribution in [-0.2, 0) is 9.59 Å². The lowest BCUT2D eigenvalue weighted by molar-refractivity contribution is -0.138. The Bertz CT molecular complexity index is 831. The molecule has 1 aromatic heterocycles. The lowest BCUT2D eigenvalue weighted by atomic mass is 9.98. The summed E-state index contributed by atoms with van der Waals surface area (Å²) in [5.41, 5.74) is 2.15. The van der Waals surface area contributed by atoms with Crippen LogP contribution in [-0.4, -0.2) is 27.3 Å². The van der Waals surface area contributed by atoms with Gasteiger partial charge in [0, 0.05) is 5.69 Å². The summed E-state index contributed by atoms with van der Waals surface area (Å²) in [6.45, 7) is 5.75. The van der Waals surface area contributed by atoms with Crippen molar-refractivity contribution in [1.29, 1.82) is 0 Å². The van der Waals surface area contributed by atoms with Gasteiger partial charge in [0.05, 0.1) is 17.9 Å². The second kappa shape index (κ2) is 7.07. The monoisotopic (exact) mass is 375 g/mol. The van der Waals surface area contributed by atoms with Gasteiger partial charge in [-0.3, -0.25) is 14.5 Å². The van der Waals surface area contributed by atoms with Gasteiger partial charge in [-0.1, -0.05) is 13.8 Å². The normalized spacial score (nSPS) is 20.2. The van der Waals surface area contributed by atoms with E-state index in [1.807, 2.05) is 26.8 Å². The summed E-state index contributed by atoms with van der Waals surface area (Å²) >= 11 is 1.27. The number of carbonyl (C=O) groups is 2. The number of aliphatic carboxylic acids is 1. The van der Waals surface area contributed by atoms with Crippen LogP contribution in [0.25, 0.3) is 0 Å². The fourth-order valence-electron chi connectivity index (χ4n) is 3.13. The second-order valence-corrected chi connectivity index (χ2v) is 7.94. The van der Waals surface area contributed by atoms with Crippen molar-refractivity contribution in [3.05, 3.63) is 47.4 Å². The minimum atomic E-state index is -1.01. The maximum Gasteiger partial charge on any atom is 0.305 e. The number of furan rings is 1. The Morgan fingerprint density at radius 2 is 2.12 bits per heavy atom. The predicted molar refractivity (Wildman–Crippen MR) is 99.5 cm³/mol. The Hall–Kier alpha value is -2.41. The van der Waals surface area contributed by atoms with E-state index < -0.39 is 16.6 Å². The SMILES string of the molecule is Cc1cc(O)c(C(C)C)cc1N1C(=O)C(CC(=O)O)SC1c1ccco1. The lowest BCUT2D eigenvalue weighted by Gasteiger charge is -2.26. The van der Waals surface area contributed by atoms with Crippen LogP contribution < -0.4 is 4.90 Å². The first kappa shape index (κ1) is 18.4. The summed E-state index contributed by atoms with van der Waals surface area (Å²) in [5.74, 6) is -0.410. The van der Waals surface area contributed by atoms with Crippen molar-refractivity contribution in [3.63, 3.8) is 0 Å². The summed E-state index contributed by atoms with van der Waals surface area (Å²) < 4.78 is 5.50. The van der Waals surface area contributed by atoms with E-state index in [1.165, 1.54) is 18.0 Å². The van der Waals surface area contributed by atoms with Gasteiger partial charge in [-0.25, -0.2) is 0 Å². The molecule has 2 aromatic rings. The van der Waals surface area contributed by atoms with Crippen molar-refractivity contribution in [3.8, 4) is 5.75 Å². The van der Waals surface area contributed by atoms with Gasteiger partial charge in [0.15, 0.2) is 0 Å². The Morgan fingerprint density at radius 1 is 1.38 bits per heavy atom. The van der Waals surface area contributed by atoms with Crippen LogP contribution in [0.1, 0.15) is 48.4 Å². The average molecular weight is 375 g/mol. The van der Waals surface area contributed by atoms with E-state index in [9.17, 15) is 14.7 Å². The zero-order chi connectivity index (χ0) is 19.0. The minimum absolute atomic E-state index is 0.0802. The second-order valence-electron chi connectivity index (χ2n) is 6.65. The molecule has 1 aliphatic rings. The highest BCUT2D eigenvalue weighted by atomic mass is 32.2. The molecular weight excluding hydrogens is 354 g/mol. The molecule has 0 spiro atoms. The molecule has 2 N–H and O–H groups in total. The third-order valence-electron chi connectivity index (χ3n) is 4.41. The van der Waals surface area contributed by atoms with Gasteiger partial charge in [0.2, 0.25) is 5.91 Å².